The van der Waals surface area contributed by atoms with Gasteiger partial charge >= 0.3 is 0 Å². The van der Waals surface area contributed by atoms with Crippen LogP contribution in [0, 0.1) is 11.7 Å². The third-order valence-corrected chi connectivity index (χ3v) is 3.28. The molecule has 18 heavy (non-hydrogen) atoms. The largest absolute Gasteiger partial charge is 0.314 e. The zero-order valence-electron chi connectivity index (χ0n) is 11.5. The maximum absolute atomic E-state index is 13.2. The van der Waals surface area contributed by atoms with Crippen molar-refractivity contribution in [3.8, 4) is 0 Å². The summed E-state index contributed by atoms with van der Waals surface area (Å²) >= 11 is 6.12. The molecule has 1 nitrogen and oxygen atoms in total. The van der Waals surface area contributed by atoms with E-state index in [4.69, 9.17) is 11.6 Å². The lowest BCUT2D eigenvalue weighted by molar-refractivity contribution is 0.416. The second-order valence-corrected chi connectivity index (χ2v) is 5.63. The highest BCUT2D eigenvalue weighted by molar-refractivity contribution is 6.31. The lowest BCUT2D eigenvalue weighted by Crippen LogP contribution is -2.33. The Balaban J connectivity index is 2.71. The number of hydrogen-bond acceptors (Lipinski definition) is 1. The molecular formula is C15H23ClFN. The van der Waals surface area contributed by atoms with E-state index in [1.165, 1.54) is 6.07 Å². The molecule has 0 heterocycles. The summed E-state index contributed by atoms with van der Waals surface area (Å²) in [6.07, 6.45) is 2.97. The van der Waals surface area contributed by atoms with Gasteiger partial charge in [-0.1, -0.05) is 32.4 Å². The first-order chi connectivity index (χ1) is 8.52. The summed E-state index contributed by atoms with van der Waals surface area (Å²) in [5.74, 6) is 0.403. The van der Waals surface area contributed by atoms with E-state index in [2.05, 4.69) is 26.1 Å². The van der Waals surface area contributed by atoms with Crippen molar-refractivity contribution >= 4 is 11.6 Å². The highest BCUT2D eigenvalue weighted by Crippen LogP contribution is 2.20. The van der Waals surface area contributed by atoms with E-state index in [1.807, 2.05) is 0 Å². The molecule has 0 aliphatic carbocycles. The Hall–Kier alpha value is -0.600. The van der Waals surface area contributed by atoms with Crippen LogP contribution in [0.2, 0.25) is 5.02 Å². The molecule has 0 saturated heterocycles. The van der Waals surface area contributed by atoms with Crippen LogP contribution in [-0.2, 0) is 6.42 Å². The Bertz CT molecular complexity index is 366. The minimum absolute atomic E-state index is 0.215. The fourth-order valence-corrected chi connectivity index (χ4v) is 2.32. The Morgan fingerprint density at radius 3 is 2.67 bits per heavy atom. The summed E-state index contributed by atoms with van der Waals surface area (Å²) in [6.45, 7) is 7.54. The SMILES string of the molecule is CCCNC(Cc1cc(F)ccc1Cl)CC(C)C. The van der Waals surface area contributed by atoms with Gasteiger partial charge in [0.15, 0.2) is 0 Å². The highest BCUT2D eigenvalue weighted by Gasteiger charge is 2.13. The maximum Gasteiger partial charge on any atom is 0.123 e. The highest BCUT2D eigenvalue weighted by atomic mass is 35.5. The lowest BCUT2D eigenvalue weighted by Gasteiger charge is -2.21. The zero-order chi connectivity index (χ0) is 13.5. The van der Waals surface area contributed by atoms with Crippen LogP contribution in [-0.4, -0.2) is 12.6 Å². The van der Waals surface area contributed by atoms with Crippen molar-refractivity contribution in [3.63, 3.8) is 0 Å². The van der Waals surface area contributed by atoms with Crippen molar-refractivity contribution < 1.29 is 4.39 Å². The smallest absolute Gasteiger partial charge is 0.123 e. The van der Waals surface area contributed by atoms with Gasteiger partial charge in [-0.05, 0) is 55.5 Å². The van der Waals surface area contributed by atoms with Crippen molar-refractivity contribution in [1.82, 2.24) is 5.32 Å². The summed E-state index contributed by atoms with van der Waals surface area (Å²) in [4.78, 5) is 0. The second kappa shape index (κ2) is 7.75. The standard InChI is InChI=1S/C15H23ClFN/c1-4-7-18-14(8-11(2)3)10-12-9-13(17)5-6-15(12)16/h5-6,9,11,14,18H,4,7-8,10H2,1-3H3. The van der Waals surface area contributed by atoms with E-state index in [0.717, 1.165) is 31.4 Å². The van der Waals surface area contributed by atoms with Gasteiger partial charge in [-0.3, -0.25) is 0 Å². The molecule has 0 amide bonds. The Morgan fingerprint density at radius 1 is 1.33 bits per heavy atom. The van der Waals surface area contributed by atoms with Gasteiger partial charge in [0.05, 0.1) is 0 Å². The van der Waals surface area contributed by atoms with Crippen molar-refractivity contribution in [1.29, 1.82) is 0 Å². The molecule has 0 fully saturated rings. The van der Waals surface area contributed by atoms with Crippen LogP contribution >= 0.6 is 11.6 Å². The van der Waals surface area contributed by atoms with Crippen molar-refractivity contribution in [2.45, 2.75) is 46.1 Å². The molecule has 3 heteroatoms. The average molecular weight is 272 g/mol. The predicted octanol–water partition coefficient (Wildman–Crippen LogP) is 4.44. The molecule has 0 spiro atoms. The minimum Gasteiger partial charge on any atom is -0.314 e. The van der Waals surface area contributed by atoms with Crippen LogP contribution in [0.4, 0.5) is 4.39 Å². The molecule has 1 aromatic rings. The quantitative estimate of drug-likeness (QED) is 0.773. The Morgan fingerprint density at radius 2 is 2.06 bits per heavy atom. The third kappa shape index (κ3) is 5.36. The normalized spacial score (nSPS) is 13.0. The average Bonchev–Trinajstić information content (AvgIpc) is 2.30. The number of benzene rings is 1. The summed E-state index contributed by atoms with van der Waals surface area (Å²) in [7, 11) is 0. The molecule has 1 N–H and O–H groups in total. The fourth-order valence-electron chi connectivity index (χ4n) is 2.12. The van der Waals surface area contributed by atoms with Crippen LogP contribution in [0.25, 0.3) is 0 Å². The molecule has 0 aliphatic rings. The zero-order valence-corrected chi connectivity index (χ0v) is 12.2. The van der Waals surface area contributed by atoms with Crippen LogP contribution in [0.15, 0.2) is 18.2 Å². The predicted molar refractivity (Wildman–Crippen MR) is 76.7 cm³/mol. The number of halogens is 2. The topological polar surface area (TPSA) is 12.0 Å². The molecular weight excluding hydrogens is 249 g/mol. The van der Waals surface area contributed by atoms with E-state index in [9.17, 15) is 4.39 Å². The summed E-state index contributed by atoms with van der Waals surface area (Å²) < 4.78 is 13.2. The van der Waals surface area contributed by atoms with Crippen LogP contribution in [0.5, 0.6) is 0 Å². The number of nitrogens with one attached hydrogen (secondary N) is 1. The van der Waals surface area contributed by atoms with E-state index in [0.29, 0.717) is 17.0 Å². The first kappa shape index (κ1) is 15.5. The maximum atomic E-state index is 13.2. The van der Waals surface area contributed by atoms with E-state index in [-0.39, 0.29) is 5.82 Å². The van der Waals surface area contributed by atoms with Gasteiger partial charge in [0.1, 0.15) is 5.82 Å². The molecule has 0 aliphatic heterocycles. The number of hydrogen-bond donors (Lipinski definition) is 1. The fraction of sp³-hybridized carbons (Fsp3) is 0.600. The molecule has 1 atom stereocenters. The third-order valence-electron chi connectivity index (χ3n) is 2.91. The summed E-state index contributed by atoms with van der Waals surface area (Å²) in [5.41, 5.74) is 0.894. The second-order valence-electron chi connectivity index (χ2n) is 5.22. The number of rotatable bonds is 7. The first-order valence-electron chi connectivity index (χ1n) is 6.70. The summed E-state index contributed by atoms with van der Waals surface area (Å²) in [5, 5.41) is 4.17. The molecule has 1 aromatic carbocycles. The van der Waals surface area contributed by atoms with Gasteiger partial charge < -0.3 is 5.32 Å². The van der Waals surface area contributed by atoms with E-state index >= 15 is 0 Å². The molecule has 1 rings (SSSR count). The van der Waals surface area contributed by atoms with Crippen molar-refractivity contribution in [3.05, 3.63) is 34.6 Å². The lowest BCUT2D eigenvalue weighted by atomic mass is 9.97. The first-order valence-corrected chi connectivity index (χ1v) is 7.08. The van der Waals surface area contributed by atoms with Gasteiger partial charge in [0.2, 0.25) is 0 Å². The van der Waals surface area contributed by atoms with Gasteiger partial charge in [-0.2, -0.15) is 0 Å². The van der Waals surface area contributed by atoms with Gasteiger partial charge in [0.25, 0.3) is 0 Å². The Labute approximate surface area is 115 Å². The van der Waals surface area contributed by atoms with Crippen LogP contribution in [0.1, 0.15) is 39.2 Å². The molecule has 0 saturated carbocycles. The van der Waals surface area contributed by atoms with Crippen molar-refractivity contribution in [2.75, 3.05) is 6.54 Å². The Kier molecular flexibility index (Phi) is 6.66. The molecule has 1 unspecified atom stereocenters. The van der Waals surface area contributed by atoms with Crippen LogP contribution < -0.4 is 5.32 Å². The monoisotopic (exact) mass is 271 g/mol. The van der Waals surface area contributed by atoms with Crippen molar-refractivity contribution in [2.24, 2.45) is 5.92 Å². The van der Waals surface area contributed by atoms with Gasteiger partial charge in [-0.25, -0.2) is 4.39 Å². The summed E-state index contributed by atoms with van der Waals surface area (Å²) in [6, 6.07) is 4.95. The van der Waals surface area contributed by atoms with Gasteiger partial charge in [0, 0.05) is 11.1 Å². The molecule has 102 valence electrons. The van der Waals surface area contributed by atoms with Gasteiger partial charge in [-0.15, -0.1) is 0 Å². The van der Waals surface area contributed by atoms with E-state index in [1.54, 1.807) is 12.1 Å². The van der Waals surface area contributed by atoms with E-state index < -0.39 is 0 Å². The molecule has 0 radical (unpaired) electrons. The molecule has 0 bridgehead atoms. The minimum atomic E-state index is -0.215. The molecule has 0 aromatic heterocycles. The van der Waals surface area contributed by atoms with Crippen LogP contribution in [0.3, 0.4) is 0 Å².